The first-order valence-electron chi connectivity index (χ1n) is 7.77. The average Bonchev–Trinajstić information content (AvgIpc) is 2.48. The van der Waals surface area contributed by atoms with E-state index in [1.807, 2.05) is 30.3 Å². The molecule has 24 heavy (non-hydrogen) atoms. The normalized spacial score (nSPS) is 12.9. The van der Waals surface area contributed by atoms with Crippen molar-refractivity contribution in [1.29, 1.82) is 0 Å². The zero-order valence-electron chi connectivity index (χ0n) is 14.8. The van der Waals surface area contributed by atoms with Crippen LogP contribution in [0.4, 0.5) is 0 Å². The molecule has 0 aliphatic rings. The lowest BCUT2D eigenvalue weighted by Crippen LogP contribution is -2.53. The number of sulfonamides is 1. The van der Waals surface area contributed by atoms with Gasteiger partial charge in [0.15, 0.2) is 5.96 Å². The Balaban J connectivity index is 2.25. The van der Waals surface area contributed by atoms with Crippen molar-refractivity contribution in [2.24, 2.45) is 4.99 Å². The van der Waals surface area contributed by atoms with Gasteiger partial charge in [-0.2, -0.15) is 0 Å². The number of hydrogen-bond acceptors (Lipinski definition) is 4. The van der Waals surface area contributed by atoms with E-state index in [2.05, 4.69) is 20.3 Å². The van der Waals surface area contributed by atoms with Crippen molar-refractivity contribution >= 4 is 16.0 Å². The summed E-state index contributed by atoms with van der Waals surface area (Å²) >= 11 is 0. The van der Waals surface area contributed by atoms with Crippen LogP contribution in [0.1, 0.15) is 19.4 Å². The van der Waals surface area contributed by atoms with Gasteiger partial charge in [-0.3, -0.25) is 4.99 Å². The molecule has 1 aromatic rings. The Morgan fingerprint density at radius 1 is 1.21 bits per heavy atom. The summed E-state index contributed by atoms with van der Waals surface area (Å²) in [6.07, 6.45) is 1.14. The molecule has 3 N–H and O–H groups in total. The van der Waals surface area contributed by atoms with Crippen molar-refractivity contribution in [3.8, 4) is 0 Å². The van der Waals surface area contributed by atoms with Gasteiger partial charge in [-0.05, 0) is 19.4 Å². The lowest BCUT2D eigenvalue weighted by molar-refractivity contribution is 0.125. The molecule has 0 aromatic heterocycles. The van der Waals surface area contributed by atoms with Gasteiger partial charge >= 0.3 is 0 Å². The van der Waals surface area contributed by atoms with E-state index in [0.717, 1.165) is 11.8 Å². The molecular formula is C16H28N4O3S. The van der Waals surface area contributed by atoms with Gasteiger partial charge in [0.05, 0.1) is 19.5 Å². The second-order valence-electron chi connectivity index (χ2n) is 6.15. The molecule has 0 bridgehead atoms. The zero-order valence-corrected chi connectivity index (χ0v) is 15.6. The van der Waals surface area contributed by atoms with E-state index in [9.17, 15) is 8.42 Å². The predicted molar refractivity (Wildman–Crippen MR) is 97.5 cm³/mol. The van der Waals surface area contributed by atoms with Crippen molar-refractivity contribution in [3.05, 3.63) is 35.9 Å². The fraction of sp³-hybridized carbons (Fsp3) is 0.562. The van der Waals surface area contributed by atoms with E-state index < -0.39 is 15.6 Å². The fourth-order valence-electron chi connectivity index (χ4n) is 2.07. The standard InChI is InChI=1S/C16H28N4O3S/c1-16(2,20-24(4,21)22)13-19-15(17-3)18-10-11-23-12-14-8-6-5-7-9-14/h5-9,20H,10-13H2,1-4H3,(H2,17,18,19). The molecule has 0 aliphatic heterocycles. The largest absolute Gasteiger partial charge is 0.375 e. The predicted octanol–water partition coefficient (Wildman–Crippen LogP) is 0.696. The Kier molecular flexibility index (Phi) is 8.17. The van der Waals surface area contributed by atoms with Gasteiger partial charge in [-0.25, -0.2) is 13.1 Å². The molecule has 0 fully saturated rings. The molecule has 0 radical (unpaired) electrons. The second kappa shape index (κ2) is 9.61. The first-order valence-corrected chi connectivity index (χ1v) is 9.66. The molecule has 0 amide bonds. The van der Waals surface area contributed by atoms with Crippen LogP contribution in [0.2, 0.25) is 0 Å². The van der Waals surface area contributed by atoms with Gasteiger partial charge in [-0.15, -0.1) is 0 Å². The third-order valence-electron chi connectivity index (χ3n) is 3.03. The molecule has 7 nitrogen and oxygen atoms in total. The molecule has 0 spiro atoms. The lowest BCUT2D eigenvalue weighted by Gasteiger charge is -2.26. The number of ether oxygens (including phenoxy) is 1. The highest BCUT2D eigenvalue weighted by molar-refractivity contribution is 7.88. The van der Waals surface area contributed by atoms with Crippen LogP contribution in [0.25, 0.3) is 0 Å². The van der Waals surface area contributed by atoms with E-state index in [1.54, 1.807) is 20.9 Å². The third kappa shape index (κ3) is 9.49. The average molecular weight is 356 g/mol. The van der Waals surface area contributed by atoms with Crippen LogP contribution in [0.15, 0.2) is 35.3 Å². The zero-order chi connectivity index (χ0) is 18.1. The Hall–Kier alpha value is -1.64. The molecule has 0 atom stereocenters. The summed E-state index contributed by atoms with van der Waals surface area (Å²) in [6.45, 7) is 5.73. The topological polar surface area (TPSA) is 91.8 Å². The molecule has 8 heteroatoms. The van der Waals surface area contributed by atoms with Crippen LogP contribution in [0.3, 0.4) is 0 Å². The van der Waals surface area contributed by atoms with Crippen LogP contribution in [-0.4, -0.2) is 52.9 Å². The summed E-state index contributed by atoms with van der Waals surface area (Å²) in [5, 5.41) is 6.23. The fourth-order valence-corrected chi connectivity index (χ4v) is 3.15. The Labute approximate surface area is 145 Å². The molecule has 0 unspecified atom stereocenters. The SMILES string of the molecule is CN=C(NCCOCc1ccccc1)NCC(C)(C)NS(C)(=O)=O. The maximum Gasteiger partial charge on any atom is 0.209 e. The molecular weight excluding hydrogens is 328 g/mol. The summed E-state index contributed by atoms with van der Waals surface area (Å²) in [6, 6.07) is 9.97. The van der Waals surface area contributed by atoms with Crippen LogP contribution in [0, 0.1) is 0 Å². The van der Waals surface area contributed by atoms with E-state index in [0.29, 0.717) is 32.3 Å². The molecule has 0 heterocycles. The first-order chi connectivity index (χ1) is 11.2. The molecule has 0 aliphatic carbocycles. The van der Waals surface area contributed by atoms with Crippen LogP contribution < -0.4 is 15.4 Å². The smallest absolute Gasteiger partial charge is 0.209 e. The lowest BCUT2D eigenvalue weighted by atomic mass is 10.1. The summed E-state index contributed by atoms with van der Waals surface area (Å²) in [5.41, 5.74) is 0.517. The highest BCUT2D eigenvalue weighted by Crippen LogP contribution is 2.02. The highest BCUT2D eigenvalue weighted by atomic mass is 32.2. The Morgan fingerprint density at radius 2 is 1.88 bits per heavy atom. The van der Waals surface area contributed by atoms with Gasteiger partial charge in [0.1, 0.15) is 0 Å². The van der Waals surface area contributed by atoms with Gasteiger partial charge in [0, 0.05) is 25.7 Å². The monoisotopic (exact) mass is 356 g/mol. The maximum atomic E-state index is 11.3. The molecule has 0 saturated heterocycles. The minimum atomic E-state index is -3.26. The number of rotatable bonds is 9. The third-order valence-corrected chi connectivity index (χ3v) is 3.96. The van der Waals surface area contributed by atoms with Crippen LogP contribution in [0.5, 0.6) is 0 Å². The first kappa shape index (κ1) is 20.4. The molecule has 0 saturated carbocycles. The van der Waals surface area contributed by atoms with Crippen LogP contribution in [-0.2, 0) is 21.4 Å². The Bertz CT molecular complexity index is 615. The van der Waals surface area contributed by atoms with Gasteiger partial charge in [0.25, 0.3) is 0 Å². The number of hydrogen-bond donors (Lipinski definition) is 3. The minimum absolute atomic E-state index is 0.407. The van der Waals surface area contributed by atoms with Gasteiger partial charge in [-0.1, -0.05) is 30.3 Å². The highest BCUT2D eigenvalue weighted by Gasteiger charge is 2.22. The number of benzene rings is 1. The summed E-state index contributed by atoms with van der Waals surface area (Å²) < 4.78 is 30.8. The van der Waals surface area contributed by atoms with Crippen molar-refractivity contribution < 1.29 is 13.2 Å². The van der Waals surface area contributed by atoms with Crippen molar-refractivity contribution in [1.82, 2.24) is 15.4 Å². The molecule has 1 aromatic carbocycles. The summed E-state index contributed by atoms with van der Waals surface area (Å²) in [4.78, 5) is 4.11. The summed E-state index contributed by atoms with van der Waals surface area (Å²) in [7, 11) is -1.59. The molecule has 136 valence electrons. The van der Waals surface area contributed by atoms with Crippen molar-refractivity contribution in [2.45, 2.75) is 26.0 Å². The van der Waals surface area contributed by atoms with E-state index >= 15 is 0 Å². The number of guanidine groups is 1. The van der Waals surface area contributed by atoms with E-state index in [-0.39, 0.29) is 0 Å². The minimum Gasteiger partial charge on any atom is -0.375 e. The molecule has 1 rings (SSSR count). The van der Waals surface area contributed by atoms with E-state index in [1.165, 1.54) is 0 Å². The van der Waals surface area contributed by atoms with Crippen molar-refractivity contribution in [2.75, 3.05) is 33.0 Å². The quantitative estimate of drug-likeness (QED) is 0.344. The maximum absolute atomic E-state index is 11.3. The Morgan fingerprint density at radius 3 is 2.46 bits per heavy atom. The second-order valence-corrected chi connectivity index (χ2v) is 7.90. The van der Waals surface area contributed by atoms with Gasteiger partial charge < -0.3 is 15.4 Å². The van der Waals surface area contributed by atoms with Crippen molar-refractivity contribution in [3.63, 3.8) is 0 Å². The van der Waals surface area contributed by atoms with Crippen LogP contribution >= 0.6 is 0 Å². The number of nitrogens with zero attached hydrogens (tertiary/aromatic N) is 1. The number of aliphatic imine (C=N–C) groups is 1. The van der Waals surface area contributed by atoms with E-state index in [4.69, 9.17) is 4.74 Å². The van der Waals surface area contributed by atoms with Gasteiger partial charge in [0.2, 0.25) is 10.0 Å². The number of nitrogens with one attached hydrogen (secondary N) is 3. The summed E-state index contributed by atoms with van der Waals surface area (Å²) in [5.74, 6) is 0.599.